The number of carbonyl (C=O) groups is 2. The number of carboxylic acids is 1. The van der Waals surface area contributed by atoms with Crippen molar-refractivity contribution in [2.24, 2.45) is 0 Å². The lowest BCUT2D eigenvalue weighted by Gasteiger charge is -2.31. The number of aromatic nitrogens is 1. The Hall–Kier alpha value is -1.99. The van der Waals surface area contributed by atoms with Crippen LogP contribution >= 0.6 is 0 Å². The monoisotopic (exact) mass is 294 g/mol. The molecular formula is C14H18N2O5. The Labute approximate surface area is 122 Å². The highest BCUT2D eigenvalue weighted by molar-refractivity contribution is 5.93. The molecule has 7 heteroatoms. The van der Waals surface area contributed by atoms with Gasteiger partial charge in [-0.2, -0.15) is 0 Å². The molecule has 0 atom stereocenters. The second-order valence-corrected chi connectivity index (χ2v) is 4.82. The minimum absolute atomic E-state index is 0.00100. The molecule has 1 saturated heterocycles. The first-order chi connectivity index (χ1) is 10.1. The Morgan fingerprint density at radius 2 is 2.05 bits per heavy atom. The van der Waals surface area contributed by atoms with Gasteiger partial charge < -0.3 is 19.8 Å². The number of likely N-dealkylation sites (tertiary alicyclic amines) is 1. The number of aliphatic hydroxyl groups is 1. The van der Waals surface area contributed by atoms with Crippen molar-refractivity contribution in [1.82, 2.24) is 9.88 Å². The van der Waals surface area contributed by atoms with Crippen molar-refractivity contribution < 1.29 is 24.5 Å². The molecule has 0 aliphatic carbocycles. The number of pyridine rings is 1. The number of hydrogen-bond acceptors (Lipinski definition) is 5. The number of ether oxygens (including phenoxy) is 1. The number of aliphatic hydroxyl groups excluding tert-OH is 1. The van der Waals surface area contributed by atoms with E-state index in [4.69, 9.17) is 14.9 Å². The summed E-state index contributed by atoms with van der Waals surface area (Å²) in [7, 11) is 0. The van der Waals surface area contributed by atoms with Gasteiger partial charge in [-0.3, -0.25) is 9.78 Å². The number of piperidine rings is 1. The zero-order valence-corrected chi connectivity index (χ0v) is 11.6. The van der Waals surface area contributed by atoms with E-state index >= 15 is 0 Å². The number of aromatic carboxylic acids is 1. The van der Waals surface area contributed by atoms with Crippen LogP contribution in [0.2, 0.25) is 0 Å². The maximum atomic E-state index is 12.2. The Morgan fingerprint density at radius 1 is 1.33 bits per heavy atom. The molecule has 0 saturated carbocycles. The van der Waals surface area contributed by atoms with Crippen molar-refractivity contribution in [3.05, 3.63) is 29.6 Å². The van der Waals surface area contributed by atoms with Gasteiger partial charge in [-0.15, -0.1) is 0 Å². The van der Waals surface area contributed by atoms with Crippen molar-refractivity contribution in [1.29, 1.82) is 0 Å². The topological polar surface area (TPSA) is 100.0 Å². The first-order valence-corrected chi connectivity index (χ1v) is 6.83. The van der Waals surface area contributed by atoms with Crippen LogP contribution < -0.4 is 0 Å². The number of nitrogens with zero attached hydrogens (tertiary/aromatic N) is 2. The fraction of sp³-hybridized carbons (Fsp3) is 0.500. The van der Waals surface area contributed by atoms with Crippen LogP contribution in [-0.4, -0.2) is 64.4 Å². The van der Waals surface area contributed by atoms with Crippen LogP contribution in [0.15, 0.2) is 18.3 Å². The first-order valence-electron chi connectivity index (χ1n) is 6.83. The van der Waals surface area contributed by atoms with Gasteiger partial charge in [0, 0.05) is 19.3 Å². The second-order valence-electron chi connectivity index (χ2n) is 4.82. The van der Waals surface area contributed by atoms with Crippen molar-refractivity contribution >= 4 is 11.9 Å². The molecule has 2 N–H and O–H groups in total. The molecule has 0 unspecified atom stereocenters. The fourth-order valence-electron chi connectivity index (χ4n) is 2.25. The van der Waals surface area contributed by atoms with Crippen LogP contribution in [0.4, 0.5) is 0 Å². The molecule has 0 radical (unpaired) electrons. The lowest BCUT2D eigenvalue weighted by Crippen LogP contribution is -2.41. The maximum Gasteiger partial charge on any atom is 0.337 e. The van der Waals surface area contributed by atoms with Crippen LogP contribution in [0.1, 0.15) is 33.7 Å². The molecule has 114 valence electrons. The maximum absolute atomic E-state index is 12.2. The van der Waals surface area contributed by atoms with Crippen molar-refractivity contribution in [2.75, 3.05) is 26.3 Å². The number of hydrogen-bond donors (Lipinski definition) is 2. The predicted octanol–water partition coefficient (Wildman–Crippen LogP) is 0.393. The van der Waals surface area contributed by atoms with Crippen molar-refractivity contribution in [3.63, 3.8) is 0 Å². The predicted molar refractivity (Wildman–Crippen MR) is 73.2 cm³/mol. The van der Waals surface area contributed by atoms with E-state index in [-0.39, 0.29) is 29.9 Å². The summed E-state index contributed by atoms with van der Waals surface area (Å²) in [6.45, 7) is 1.45. The van der Waals surface area contributed by atoms with Gasteiger partial charge in [0.25, 0.3) is 5.91 Å². The molecule has 1 aliphatic rings. The highest BCUT2D eigenvalue weighted by Gasteiger charge is 2.24. The zero-order chi connectivity index (χ0) is 15.2. The van der Waals surface area contributed by atoms with Gasteiger partial charge in [-0.05, 0) is 25.0 Å². The Kier molecular flexibility index (Phi) is 5.24. The van der Waals surface area contributed by atoms with E-state index in [9.17, 15) is 9.59 Å². The van der Waals surface area contributed by atoms with Crippen LogP contribution in [0.5, 0.6) is 0 Å². The zero-order valence-electron chi connectivity index (χ0n) is 11.6. The number of amides is 1. The van der Waals surface area contributed by atoms with Gasteiger partial charge >= 0.3 is 5.97 Å². The number of carbonyl (C=O) groups excluding carboxylic acids is 1. The van der Waals surface area contributed by atoms with Crippen LogP contribution in [0, 0.1) is 0 Å². The van der Waals surface area contributed by atoms with Gasteiger partial charge in [0.15, 0.2) is 0 Å². The van der Waals surface area contributed by atoms with Crippen molar-refractivity contribution in [3.8, 4) is 0 Å². The molecule has 0 spiro atoms. The van der Waals surface area contributed by atoms with Crippen molar-refractivity contribution in [2.45, 2.75) is 18.9 Å². The summed E-state index contributed by atoms with van der Waals surface area (Å²) < 4.78 is 5.44. The average Bonchev–Trinajstić information content (AvgIpc) is 2.53. The smallest absolute Gasteiger partial charge is 0.337 e. The van der Waals surface area contributed by atoms with E-state index in [0.29, 0.717) is 19.7 Å². The number of carboxylic acid groups (broad SMARTS) is 1. The van der Waals surface area contributed by atoms with Gasteiger partial charge in [-0.1, -0.05) is 0 Å². The highest BCUT2D eigenvalue weighted by atomic mass is 16.5. The normalized spacial score (nSPS) is 16.0. The summed E-state index contributed by atoms with van der Waals surface area (Å²) >= 11 is 0. The SMILES string of the molecule is O=C(O)c1ccc(C(=O)N2CCC(OCCO)CC2)nc1. The lowest BCUT2D eigenvalue weighted by atomic mass is 10.1. The summed E-state index contributed by atoms with van der Waals surface area (Å²) in [4.78, 5) is 28.6. The molecule has 1 fully saturated rings. The molecule has 0 bridgehead atoms. The van der Waals surface area contributed by atoms with Crippen LogP contribution in [0.25, 0.3) is 0 Å². The molecule has 1 aliphatic heterocycles. The van der Waals surface area contributed by atoms with E-state index in [2.05, 4.69) is 4.98 Å². The molecule has 21 heavy (non-hydrogen) atoms. The van der Waals surface area contributed by atoms with Gasteiger partial charge in [0.2, 0.25) is 0 Å². The summed E-state index contributed by atoms with van der Waals surface area (Å²) in [6.07, 6.45) is 2.70. The second kappa shape index (κ2) is 7.14. The minimum atomic E-state index is -1.07. The number of rotatable bonds is 5. The largest absolute Gasteiger partial charge is 0.478 e. The first kappa shape index (κ1) is 15.4. The molecule has 0 aromatic carbocycles. The quantitative estimate of drug-likeness (QED) is 0.815. The molecule has 2 heterocycles. The van der Waals surface area contributed by atoms with Gasteiger partial charge in [-0.25, -0.2) is 4.79 Å². The molecule has 2 rings (SSSR count). The average molecular weight is 294 g/mol. The third kappa shape index (κ3) is 3.99. The Balaban J connectivity index is 1.91. The van der Waals surface area contributed by atoms with Gasteiger partial charge in [0.1, 0.15) is 5.69 Å². The van der Waals surface area contributed by atoms with Gasteiger partial charge in [0.05, 0.1) is 24.9 Å². The van der Waals surface area contributed by atoms with Crippen LogP contribution in [-0.2, 0) is 4.74 Å². The lowest BCUT2D eigenvalue weighted by molar-refractivity contribution is -0.00565. The summed E-state index contributed by atoms with van der Waals surface area (Å²) in [5, 5.41) is 17.5. The molecule has 1 amide bonds. The third-order valence-electron chi connectivity index (χ3n) is 3.40. The summed E-state index contributed by atoms with van der Waals surface area (Å²) in [6, 6.07) is 2.81. The minimum Gasteiger partial charge on any atom is -0.478 e. The highest BCUT2D eigenvalue weighted by Crippen LogP contribution is 2.15. The van der Waals surface area contributed by atoms with E-state index in [1.165, 1.54) is 18.3 Å². The summed E-state index contributed by atoms with van der Waals surface area (Å²) in [5.41, 5.74) is 0.303. The van der Waals surface area contributed by atoms with E-state index in [1.54, 1.807) is 4.90 Å². The molecular weight excluding hydrogens is 276 g/mol. The molecule has 7 nitrogen and oxygen atoms in total. The Bertz CT molecular complexity index is 495. The van der Waals surface area contributed by atoms with E-state index in [1.807, 2.05) is 0 Å². The van der Waals surface area contributed by atoms with E-state index < -0.39 is 5.97 Å². The summed E-state index contributed by atoms with van der Waals surface area (Å²) in [5.74, 6) is -1.27. The molecule has 1 aromatic heterocycles. The van der Waals surface area contributed by atoms with E-state index in [0.717, 1.165) is 12.8 Å². The third-order valence-corrected chi connectivity index (χ3v) is 3.40. The standard InChI is InChI=1S/C14H18N2O5/c17-7-8-21-11-3-5-16(6-4-11)13(18)12-2-1-10(9-15-12)14(19)20/h1-2,9,11,17H,3-8H2,(H,19,20). The van der Waals surface area contributed by atoms with Crippen LogP contribution in [0.3, 0.4) is 0 Å². The Morgan fingerprint density at radius 3 is 2.57 bits per heavy atom. The molecule has 1 aromatic rings. The fourth-order valence-corrected chi connectivity index (χ4v) is 2.25.